The third-order valence-electron chi connectivity index (χ3n) is 7.41. The van der Waals surface area contributed by atoms with E-state index in [1.165, 1.54) is 0 Å². The minimum Gasteiger partial charge on any atom is -0.386 e. The number of likely N-dealkylation sites (N-methyl/N-ethyl adjacent to an activating group) is 1. The van der Waals surface area contributed by atoms with Gasteiger partial charge in [0.1, 0.15) is 18.3 Å². The van der Waals surface area contributed by atoms with E-state index in [0.29, 0.717) is 40.7 Å². The summed E-state index contributed by atoms with van der Waals surface area (Å²) in [4.78, 5) is 25.2. The van der Waals surface area contributed by atoms with Crippen molar-refractivity contribution in [2.45, 2.75) is 39.2 Å². The number of anilines is 6. The topological polar surface area (TPSA) is 146 Å². The molecule has 0 saturated carbocycles. The number of rotatable bonds is 17. The quantitative estimate of drug-likeness (QED) is 0.0424. The Hall–Kier alpha value is -3.63. The third kappa shape index (κ3) is 21.3. The number of alkyl halides is 1. The van der Waals surface area contributed by atoms with Gasteiger partial charge in [0.05, 0.1) is 75.9 Å². The van der Waals surface area contributed by atoms with Crippen molar-refractivity contribution in [3.8, 4) is 0 Å². The lowest BCUT2D eigenvalue weighted by Crippen LogP contribution is -2.41. The van der Waals surface area contributed by atoms with Crippen molar-refractivity contribution < 1.29 is 14.1 Å². The minimum atomic E-state index is -0.369. The Morgan fingerprint density at radius 3 is 1.60 bits per heavy atom. The number of benzene rings is 2. The van der Waals surface area contributed by atoms with Crippen LogP contribution in [0.15, 0.2) is 48.5 Å². The summed E-state index contributed by atoms with van der Waals surface area (Å²) in [7, 11) is 18.9. The monoisotopic (exact) mass is 822 g/mol. The molecular weight excluding hydrogens is 761 g/mol. The van der Waals surface area contributed by atoms with Crippen molar-refractivity contribution >= 4 is 75.7 Å². The van der Waals surface area contributed by atoms with Crippen LogP contribution in [0, 0.1) is 6.92 Å². The second kappa shape index (κ2) is 22.8. The molecule has 0 aliphatic heterocycles. The molecule has 55 heavy (non-hydrogen) atoms. The first-order valence-electron chi connectivity index (χ1n) is 18.3. The van der Waals surface area contributed by atoms with Crippen LogP contribution in [-0.4, -0.2) is 146 Å². The first-order chi connectivity index (χ1) is 25.7. The van der Waals surface area contributed by atoms with Crippen molar-refractivity contribution in [2.24, 2.45) is 0 Å². The molecule has 2 aromatic carbocycles. The second-order valence-electron chi connectivity index (χ2n) is 16.0. The van der Waals surface area contributed by atoms with E-state index in [0.717, 1.165) is 70.5 Å². The average molecular weight is 824 g/mol. The molecule has 0 radical (unpaired) electrons. The average Bonchev–Trinajstić information content (AvgIpc) is 3.05. The summed E-state index contributed by atoms with van der Waals surface area (Å²) in [6.07, 6.45) is 2.88. The number of aromatic nitrogens is 6. The molecule has 17 heteroatoms. The van der Waals surface area contributed by atoms with E-state index >= 15 is 0 Å². The zero-order valence-corrected chi connectivity index (χ0v) is 36.7. The number of nitrogens with zero attached hydrogens (tertiary/aromatic N) is 9. The Bertz CT molecular complexity index is 1730. The van der Waals surface area contributed by atoms with E-state index in [9.17, 15) is 0 Å². The van der Waals surface area contributed by atoms with Gasteiger partial charge in [-0.3, -0.25) is 4.48 Å². The fourth-order valence-electron chi connectivity index (χ4n) is 4.76. The Balaban J connectivity index is 0.000000319. The van der Waals surface area contributed by atoms with Crippen LogP contribution in [0.5, 0.6) is 0 Å². The maximum absolute atomic E-state index is 9.05. The molecule has 0 aliphatic rings. The van der Waals surface area contributed by atoms with Crippen molar-refractivity contribution in [1.29, 1.82) is 0 Å². The van der Waals surface area contributed by atoms with Gasteiger partial charge in [0.2, 0.25) is 34.4 Å². The third-order valence-corrected chi connectivity index (χ3v) is 8.10. The van der Waals surface area contributed by atoms with Crippen LogP contribution in [0.4, 0.5) is 40.9 Å². The van der Waals surface area contributed by atoms with Crippen LogP contribution in [0.2, 0.25) is 10.6 Å². The molecule has 5 N–H and O–H groups in total. The van der Waals surface area contributed by atoms with Crippen LogP contribution in [0.3, 0.4) is 0 Å². The minimum absolute atomic E-state index is 0.125. The van der Waals surface area contributed by atoms with Gasteiger partial charge in [0, 0.05) is 37.0 Å². The summed E-state index contributed by atoms with van der Waals surface area (Å²) >= 11 is 17.4. The summed E-state index contributed by atoms with van der Waals surface area (Å²) in [6.45, 7) is 7.64. The van der Waals surface area contributed by atoms with Crippen LogP contribution < -0.4 is 25.8 Å². The molecular formula is C38H63Cl3N13O+3. The normalized spacial score (nSPS) is 12.1. The molecule has 0 spiro atoms. The Morgan fingerprint density at radius 1 is 0.655 bits per heavy atom. The smallest absolute Gasteiger partial charge is 0.233 e. The molecule has 0 saturated heterocycles. The summed E-state index contributed by atoms with van der Waals surface area (Å²) in [5.41, 5.74) is 4.09. The molecule has 14 nitrogen and oxygen atoms in total. The van der Waals surface area contributed by atoms with Gasteiger partial charge in [-0.2, -0.15) is 29.9 Å². The second-order valence-corrected chi connectivity index (χ2v) is 17.0. The maximum atomic E-state index is 9.05. The first-order valence-corrected chi connectivity index (χ1v) is 19.6. The first kappa shape index (κ1) is 47.5. The SMILES string of the molecule is CCCCNc1nc(Cl)nc(NCCC[N+](C)(C)C)n1.C[N+](C)(C)CC(O)CCl.Cc1cccc(Nc2nc(Cl)nc(Nc3cccc([N+](C)(C)C)c3)n2)c1. The Morgan fingerprint density at radius 2 is 1.15 bits per heavy atom. The molecule has 2 aromatic heterocycles. The predicted octanol–water partition coefficient (Wildman–Crippen LogP) is 7.05. The van der Waals surface area contributed by atoms with Crippen LogP contribution in [0.25, 0.3) is 0 Å². The van der Waals surface area contributed by atoms with Gasteiger partial charge < -0.3 is 35.3 Å². The van der Waals surface area contributed by atoms with Gasteiger partial charge in [-0.15, -0.1) is 11.6 Å². The van der Waals surface area contributed by atoms with Gasteiger partial charge in [0.25, 0.3) is 0 Å². The molecule has 0 fully saturated rings. The number of hydrogen-bond donors (Lipinski definition) is 5. The summed E-state index contributed by atoms with van der Waals surface area (Å²) < 4.78 is 2.42. The van der Waals surface area contributed by atoms with Crippen molar-refractivity contribution in [3.05, 3.63) is 64.7 Å². The van der Waals surface area contributed by atoms with Gasteiger partial charge in [-0.05, 0) is 66.4 Å². The lowest BCUT2D eigenvalue weighted by Gasteiger charge is -2.25. The van der Waals surface area contributed by atoms with Crippen molar-refractivity contribution in [1.82, 2.24) is 34.4 Å². The zero-order chi connectivity index (χ0) is 41.2. The van der Waals surface area contributed by atoms with Gasteiger partial charge in [-0.1, -0.05) is 31.5 Å². The van der Waals surface area contributed by atoms with Gasteiger partial charge >= 0.3 is 0 Å². The molecule has 0 amide bonds. The molecule has 4 aromatic rings. The van der Waals surface area contributed by atoms with Crippen molar-refractivity contribution in [2.75, 3.05) is 117 Å². The molecule has 2 heterocycles. The molecule has 1 atom stereocenters. The highest BCUT2D eigenvalue weighted by Gasteiger charge is 2.15. The maximum Gasteiger partial charge on any atom is 0.233 e. The number of aryl methyl sites for hydroxylation is 1. The number of halogens is 3. The number of unbranched alkanes of at least 4 members (excludes halogenated alkanes) is 1. The fourth-order valence-corrected chi connectivity index (χ4v) is 5.18. The van der Waals surface area contributed by atoms with E-state index in [2.05, 4.69) is 113 Å². The van der Waals surface area contributed by atoms with Gasteiger partial charge in [0.15, 0.2) is 0 Å². The number of aliphatic hydroxyl groups excluding tert-OH is 1. The standard InChI is InChI=1S/C19H22ClN6.C13H26ClN6.C6H15ClNO/c1-13-7-5-8-14(11-13)21-18-23-17(20)24-19(25-18)22-15-9-6-10-16(12-15)26(2,3)4;1-5-6-8-15-12-17-11(14)18-13(19-12)16-9-7-10-20(2,3)4;1-8(2,3)5-6(9)4-7/h5-12H,1-4H3,(H2,21,22,23,24,25);5-10H2,1-4H3,(H2,15,16,17,18,19);6,9H,4-5H2,1-3H3/q3*+1. The molecule has 1 unspecified atom stereocenters. The van der Waals surface area contributed by atoms with Crippen LogP contribution in [0.1, 0.15) is 31.7 Å². The van der Waals surface area contributed by atoms with E-state index < -0.39 is 0 Å². The van der Waals surface area contributed by atoms with E-state index in [-0.39, 0.29) is 16.7 Å². The van der Waals surface area contributed by atoms with Crippen LogP contribution in [-0.2, 0) is 0 Å². The Labute approximate surface area is 343 Å². The van der Waals surface area contributed by atoms with E-state index in [1.807, 2.05) is 64.5 Å². The predicted molar refractivity (Wildman–Crippen MR) is 232 cm³/mol. The highest BCUT2D eigenvalue weighted by Crippen LogP contribution is 2.24. The molecule has 4 rings (SSSR count). The lowest BCUT2D eigenvalue weighted by molar-refractivity contribution is -0.873. The Kier molecular flexibility index (Phi) is 19.7. The number of hydrogen-bond acceptors (Lipinski definition) is 11. The highest BCUT2D eigenvalue weighted by molar-refractivity contribution is 6.28. The number of quaternary nitrogens is 3. The summed E-state index contributed by atoms with van der Waals surface area (Å²) in [6, 6.07) is 16.1. The molecule has 0 bridgehead atoms. The fraction of sp³-hybridized carbons (Fsp3) is 0.526. The number of nitrogens with one attached hydrogen (secondary N) is 4. The largest absolute Gasteiger partial charge is 0.386 e. The summed E-state index contributed by atoms with van der Waals surface area (Å²) in [5, 5.41) is 22.1. The lowest BCUT2D eigenvalue weighted by atomic mass is 10.2. The zero-order valence-electron chi connectivity index (χ0n) is 34.5. The van der Waals surface area contributed by atoms with Gasteiger partial charge in [-0.25, -0.2) is 0 Å². The van der Waals surface area contributed by atoms with Crippen molar-refractivity contribution in [3.63, 3.8) is 0 Å². The van der Waals surface area contributed by atoms with Crippen LogP contribution >= 0.6 is 34.8 Å². The number of aliphatic hydroxyl groups is 1. The van der Waals surface area contributed by atoms with E-state index in [4.69, 9.17) is 39.9 Å². The molecule has 0 aliphatic carbocycles. The van der Waals surface area contributed by atoms with E-state index in [1.54, 1.807) is 0 Å². The highest BCUT2D eigenvalue weighted by atomic mass is 35.5. The summed E-state index contributed by atoms with van der Waals surface area (Å²) in [5.74, 6) is 2.17. The molecule has 304 valence electrons.